The van der Waals surface area contributed by atoms with Crippen LogP contribution in [0.5, 0.6) is 0 Å². The largest absolute Gasteiger partial charge is 0.397 e. The zero-order valence-electron chi connectivity index (χ0n) is 11.1. The van der Waals surface area contributed by atoms with E-state index in [0.717, 1.165) is 20.1 Å². The summed E-state index contributed by atoms with van der Waals surface area (Å²) in [7, 11) is 0. The molecule has 2 aromatic carbocycles. The molecule has 0 bridgehead atoms. The molecule has 0 aliphatic carbocycles. The summed E-state index contributed by atoms with van der Waals surface area (Å²) >= 11 is 6.80. The first-order valence-electron chi connectivity index (χ1n) is 6.01. The van der Waals surface area contributed by atoms with Crippen LogP contribution in [0.25, 0.3) is 0 Å². The number of nitrogens with two attached hydrogens (primary N) is 1. The molecule has 0 spiro atoms. The van der Waals surface area contributed by atoms with Gasteiger partial charge >= 0.3 is 0 Å². The second-order valence-corrected chi connectivity index (χ2v) is 6.38. The molecular formula is C15H14Br2N2O. The van der Waals surface area contributed by atoms with Gasteiger partial charge in [0.05, 0.1) is 11.4 Å². The third-order valence-corrected chi connectivity index (χ3v) is 4.34. The number of halogens is 2. The molecular weight excluding hydrogens is 384 g/mol. The average Bonchev–Trinajstić information content (AvgIpc) is 2.36. The van der Waals surface area contributed by atoms with Gasteiger partial charge in [0.1, 0.15) is 0 Å². The Labute approximate surface area is 134 Å². The maximum atomic E-state index is 12.3. The highest BCUT2D eigenvalue weighted by atomic mass is 79.9. The molecule has 0 saturated heterocycles. The number of amides is 1. The van der Waals surface area contributed by atoms with Crippen LogP contribution in [-0.4, -0.2) is 5.91 Å². The monoisotopic (exact) mass is 396 g/mol. The fourth-order valence-electron chi connectivity index (χ4n) is 1.91. The minimum absolute atomic E-state index is 0.169. The molecule has 3 nitrogen and oxygen atoms in total. The zero-order chi connectivity index (χ0) is 14.9. The van der Waals surface area contributed by atoms with Crippen molar-refractivity contribution < 1.29 is 4.79 Å². The zero-order valence-corrected chi connectivity index (χ0v) is 14.3. The fraction of sp³-hybridized carbons (Fsp3) is 0.133. The van der Waals surface area contributed by atoms with Gasteiger partial charge in [0.25, 0.3) is 5.91 Å². The Balaban J connectivity index is 2.30. The number of nitrogen functional groups attached to an aromatic ring is 1. The third-order valence-electron chi connectivity index (χ3n) is 2.99. The Kier molecular flexibility index (Phi) is 4.50. The Morgan fingerprint density at radius 3 is 2.40 bits per heavy atom. The van der Waals surface area contributed by atoms with E-state index in [-0.39, 0.29) is 5.91 Å². The molecule has 0 fully saturated rings. The highest BCUT2D eigenvalue weighted by Gasteiger charge is 2.11. The third kappa shape index (κ3) is 3.22. The number of benzene rings is 2. The predicted octanol–water partition coefficient (Wildman–Crippen LogP) is 4.66. The highest BCUT2D eigenvalue weighted by molar-refractivity contribution is 9.10. The lowest BCUT2D eigenvalue weighted by molar-refractivity contribution is 0.102. The first-order valence-corrected chi connectivity index (χ1v) is 7.60. The van der Waals surface area contributed by atoms with Crippen LogP contribution in [-0.2, 0) is 0 Å². The number of aryl methyl sites for hydroxylation is 2. The topological polar surface area (TPSA) is 55.1 Å². The van der Waals surface area contributed by atoms with Crippen molar-refractivity contribution in [1.82, 2.24) is 0 Å². The van der Waals surface area contributed by atoms with Gasteiger partial charge in [-0.15, -0.1) is 0 Å². The van der Waals surface area contributed by atoms with Crippen molar-refractivity contribution in [2.24, 2.45) is 0 Å². The Bertz CT molecular complexity index is 661. The quantitative estimate of drug-likeness (QED) is 0.723. The molecule has 2 aromatic rings. The molecule has 1 amide bonds. The lowest BCUT2D eigenvalue weighted by atomic mass is 10.1. The molecule has 2 rings (SSSR count). The maximum absolute atomic E-state index is 12.3. The van der Waals surface area contributed by atoms with Crippen molar-refractivity contribution in [3.63, 3.8) is 0 Å². The number of hydrogen-bond donors (Lipinski definition) is 2. The average molecular weight is 398 g/mol. The van der Waals surface area contributed by atoms with Crippen molar-refractivity contribution in [2.45, 2.75) is 13.8 Å². The minimum atomic E-state index is -0.169. The lowest BCUT2D eigenvalue weighted by Crippen LogP contribution is -2.14. The van der Waals surface area contributed by atoms with Gasteiger partial charge in [0, 0.05) is 14.5 Å². The molecule has 0 atom stereocenters. The van der Waals surface area contributed by atoms with Crippen LogP contribution >= 0.6 is 31.9 Å². The fourth-order valence-corrected chi connectivity index (χ4v) is 2.75. The molecule has 0 saturated carbocycles. The molecule has 5 heteroatoms. The molecule has 0 unspecified atom stereocenters. The molecule has 0 radical (unpaired) electrons. The van der Waals surface area contributed by atoms with E-state index in [1.54, 1.807) is 12.1 Å². The van der Waals surface area contributed by atoms with Crippen LogP contribution in [0.15, 0.2) is 39.3 Å². The van der Waals surface area contributed by atoms with E-state index < -0.39 is 0 Å². The van der Waals surface area contributed by atoms with E-state index in [4.69, 9.17) is 5.73 Å². The van der Waals surface area contributed by atoms with Crippen LogP contribution in [0.2, 0.25) is 0 Å². The van der Waals surface area contributed by atoms with Gasteiger partial charge in [-0.1, -0.05) is 31.9 Å². The summed E-state index contributed by atoms with van der Waals surface area (Å²) in [5.41, 5.74) is 9.67. The lowest BCUT2D eigenvalue weighted by Gasteiger charge is -2.12. The molecule has 3 N–H and O–H groups in total. The van der Waals surface area contributed by atoms with E-state index in [0.29, 0.717) is 16.9 Å². The van der Waals surface area contributed by atoms with Crippen molar-refractivity contribution in [2.75, 3.05) is 11.1 Å². The molecule has 20 heavy (non-hydrogen) atoms. The first kappa shape index (κ1) is 15.1. The predicted molar refractivity (Wildman–Crippen MR) is 90.1 cm³/mol. The van der Waals surface area contributed by atoms with Crippen molar-refractivity contribution in [3.05, 3.63) is 56.0 Å². The summed E-state index contributed by atoms with van der Waals surface area (Å²) in [6.45, 7) is 3.85. The highest BCUT2D eigenvalue weighted by Crippen LogP contribution is 2.28. The van der Waals surface area contributed by atoms with Gasteiger partial charge in [-0.25, -0.2) is 0 Å². The Morgan fingerprint density at radius 2 is 1.80 bits per heavy atom. The first-order chi connectivity index (χ1) is 9.38. The smallest absolute Gasteiger partial charge is 0.255 e. The Morgan fingerprint density at radius 1 is 1.10 bits per heavy atom. The van der Waals surface area contributed by atoms with Crippen LogP contribution in [0.4, 0.5) is 11.4 Å². The SMILES string of the molecule is Cc1cc(C(=O)Nc2c(C)cc(Br)cc2N)ccc1Br. The summed E-state index contributed by atoms with van der Waals surface area (Å²) in [4.78, 5) is 12.3. The van der Waals surface area contributed by atoms with Crippen molar-refractivity contribution in [3.8, 4) is 0 Å². The van der Waals surface area contributed by atoms with E-state index in [1.807, 2.05) is 32.0 Å². The van der Waals surface area contributed by atoms with Gasteiger partial charge < -0.3 is 11.1 Å². The van der Waals surface area contributed by atoms with Gasteiger partial charge in [0.2, 0.25) is 0 Å². The molecule has 0 heterocycles. The van der Waals surface area contributed by atoms with Gasteiger partial charge in [-0.3, -0.25) is 4.79 Å². The number of carbonyl (C=O) groups excluding carboxylic acids is 1. The van der Waals surface area contributed by atoms with E-state index in [1.165, 1.54) is 0 Å². The summed E-state index contributed by atoms with van der Waals surface area (Å²) < 4.78 is 1.87. The van der Waals surface area contributed by atoms with Crippen molar-refractivity contribution >= 4 is 49.1 Å². The summed E-state index contributed by atoms with van der Waals surface area (Å²) in [5, 5.41) is 2.87. The summed E-state index contributed by atoms with van der Waals surface area (Å²) in [6.07, 6.45) is 0. The van der Waals surface area contributed by atoms with Crippen LogP contribution in [0.3, 0.4) is 0 Å². The van der Waals surface area contributed by atoms with Crippen LogP contribution < -0.4 is 11.1 Å². The van der Waals surface area contributed by atoms with E-state index in [9.17, 15) is 4.79 Å². The number of hydrogen-bond acceptors (Lipinski definition) is 2. The molecule has 0 aliphatic rings. The van der Waals surface area contributed by atoms with E-state index in [2.05, 4.69) is 37.2 Å². The van der Waals surface area contributed by atoms with Gasteiger partial charge in [-0.05, 0) is 55.3 Å². The normalized spacial score (nSPS) is 10.4. The number of anilines is 2. The second kappa shape index (κ2) is 5.97. The number of rotatable bonds is 2. The van der Waals surface area contributed by atoms with E-state index >= 15 is 0 Å². The second-order valence-electron chi connectivity index (χ2n) is 4.61. The summed E-state index contributed by atoms with van der Waals surface area (Å²) in [5.74, 6) is -0.169. The van der Waals surface area contributed by atoms with Crippen molar-refractivity contribution in [1.29, 1.82) is 0 Å². The molecule has 104 valence electrons. The van der Waals surface area contributed by atoms with Crippen LogP contribution in [0.1, 0.15) is 21.5 Å². The minimum Gasteiger partial charge on any atom is -0.397 e. The molecule has 0 aromatic heterocycles. The van der Waals surface area contributed by atoms with Gasteiger partial charge in [-0.2, -0.15) is 0 Å². The standard InChI is InChI=1S/C15H14Br2N2O/c1-8-5-10(3-4-12(8)17)15(20)19-14-9(2)6-11(16)7-13(14)18/h3-7H,18H2,1-2H3,(H,19,20). The maximum Gasteiger partial charge on any atom is 0.255 e. The van der Waals surface area contributed by atoms with Gasteiger partial charge in [0.15, 0.2) is 0 Å². The molecule has 0 aliphatic heterocycles. The number of carbonyl (C=O) groups is 1. The summed E-state index contributed by atoms with van der Waals surface area (Å²) in [6, 6.07) is 9.16. The number of nitrogens with one attached hydrogen (secondary N) is 1. The van der Waals surface area contributed by atoms with Crippen LogP contribution in [0, 0.1) is 13.8 Å². The Hall–Kier alpha value is -1.33.